The third-order valence-corrected chi connectivity index (χ3v) is 4.77. The molecule has 1 heterocycles. The monoisotopic (exact) mass is 253 g/mol. The summed E-state index contributed by atoms with van der Waals surface area (Å²) in [5.74, 6) is 2.03. The van der Waals surface area contributed by atoms with Gasteiger partial charge in [0.15, 0.2) is 0 Å². The first-order valence-electron chi connectivity index (χ1n) is 6.58. The number of thioether (sulfide) groups is 1. The van der Waals surface area contributed by atoms with Crippen molar-refractivity contribution in [2.75, 3.05) is 12.8 Å². The fraction of sp³-hybridized carbons (Fsp3) is 0.769. The lowest BCUT2D eigenvalue weighted by atomic mass is 9.84. The largest absolute Gasteiger partial charge is 0.316 e. The van der Waals surface area contributed by atoms with Gasteiger partial charge in [0.05, 0.1) is 6.20 Å². The van der Waals surface area contributed by atoms with E-state index in [1.807, 2.05) is 29.7 Å². The minimum Gasteiger partial charge on any atom is -0.316 e. The van der Waals surface area contributed by atoms with Crippen LogP contribution >= 0.6 is 11.8 Å². The first kappa shape index (κ1) is 13.0. The highest BCUT2D eigenvalue weighted by Gasteiger charge is 2.22. The first-order chi connectivity index (χ1) is 8.29. The highest BCUT2D eigenvalue weighted by molar-refractivity contribution is 7.99. The molecule has 0 saturated heterocycles. The summed E-state index contributed by atoms with van der Waals surface area (Å²) in [5.41, 5.74) is 0. The van der Waals surface area contributed by atoms with Crippen molar-refractivity contribution in [1.29, 1.82) is 0 Å². The van der Waals surface area contributed by atoms with Crippen molar-refractivity contribution in [1.82, 2.24) is 15.1 Å². The first-order valence-corrected chi connectivity index (χ1v) is 7.57. The van der Waals surface area contributed by atoms with Crippen molar-refractivity contribution >= 4 is 11.8 Å². The van der Waals surface area contributed by atoms with Crippen molar-refractivity contribution < 1.29 is 0 Å². The lowest BCUT2D eigenvalue weighted by molar-refractivity contribution is 0.294. The topological polar surface area (TPSA) is 29.9 Å². The number of nitrogens with one attached hydrogen (secondary N) is 1. The zero-order valence-electron chi connectivity index (χ0n) is 10.9. The molecule has 4 heteroatoms. The summed E-state index contributed by atoms with van der Waals surface area (Å²) in [7, 11) is 4.07. The summed E-state index contributed by atoms with van der Waals surface area (Å²) < 4.78 is 1.87. The highest BCUT2D eigenvalue weighted by Crippen LogP contribution is 2.29. The molecule has 1 unspecified atom stereocenters. The Hall–Kier alpha value is -0.480. The molecule has 1 aromatic rings. The zero-order valence-corrected chi connectivity index (χ0v) is 11.7. The Morgan fingerprint density at radius 3 is 2.82 bits per heavy atom. The van der Waals surface area contributed by atoms with Gasteiger partial charge in [0.25, 0.3) is 0 Å². The maximum absolute atomic E-state index is 4.21. The molecular formula is C13H23N3S. The van der Waals surface area contributed by atoms with E-state index in [9.17, 15) is 0 Å². The molecular weight excluding hydrogens is 230 g/mol. The Bertz CT molecular complexity index is 331. The van der Waals surface area contributed by atoms with Gasteiger partial charge in [-0.2, -0.15) is 5.10 Å². The second-order valence-corrected chi connectivity index (χ2v) is 6.05. The van der Waals surface area contributed by atoms with E-state index in [2.05, 4.69) is 23.7 Å². The van der Waals surface area contributed by atoms with Gasteiger partial charge in [-0.1, -0.05) is 19.3 Å². The Morgan fingerprint density at radius 1 is 1.47 bits per heavy atom. The number of hydrogen-bond acceptors (Lipinski definition) is 3. The van der Waals surface area contributed by atoms with Gasteiger partial charge in [0, 0.05) is 29.9 Å². The van der Waals surface area contributed by atoms with Crippen molar-refractivity contribution in [2.45, 2.75) is 43.0 Å². The standard InChI is InChI=1S/C13H23N3S/c1-14-13(11-6-4-3-5-7-11)10-17-12-8-15-16(2)9-12/h8-9,11,13-14H,3-7,10H2,1-2H3. The van der Waals surface area contributed by atoms with Crippen LogP contribution in [0.5, 0.6) is 0 Å². The van der Waals surface area contributed by atoms with Gasteiger partial charge in [-0.15, -0.1) is 11.8 Å². The molecule has 0 radical (unpaired) electrons. The van der Waals surface area contributed by atoms with Crippen LogP contribution in [-0.4, -0.2) is 28.6 Å². The summed E-state index contributed by atoms with van der Waals surface area (Å²) >= 11 is 1.92. The number of rotatable bonds is 5. The highest BCUT2D eigenvalue weighted by atomic mass is 32.2. The summed E-state index contributed by atoms with van der Waals surface area (Å²) in [6.45, 7) is 0. The molecule has 1 aromatic heterocycles. The van der Waals surface area contributed by atoms with E-state index < -0.39 is 0 Å². The summed E-state index contributed by atoms with van der Waals surface area (Å²) in [6, 6.07) is 0.653. The Morgan fingerprint density at radius 2 is 2.24 bits per heavy atom. The maximum Gasteiger partial charge on any atom is 0.0625 e. The second-order valence-electron chi connectivity index (χ2n) is 4.95. The molecule has 0 amide bonds. The van der Waals surface area contributed by atoms with Gasteiger partial charge in [-0.3, -0.25) is 4.68 Å². The van der Waals surface area contributed by atoms with E-state index in [0.717, 1.165) is 11.7 Å². The molecule has 1 aliphatic carbocycles. The van der Waals surface area contributed by atoms with Gasteiger partial charge in [0.1, 0.15) is 0 Å². The Kier molecular flexibility index (Phi) is 4.92. The quantitative estimate of drug-likeness (QED) is 0.818. The SMILES string of the molecule is CNC(CSc1cnn(C)c1)C1CCCCC1. The van der Waals surface area contributed by atoms with Crippen LogP contribution in [0.15, 0.2) is 17.3 Å². The van der Waals surface area contributed by atoms with Gasteiger partial charge in [-0.25, -0.2) is 0 Å². The number of hydrogen-bond donors (Lipinski definition) is 1. The van der Waals surface area contributed by atoms with Crippen LogP contribution in [-0.2, 0) is 7.05 Å². The molecule has 2 rings (SSSR count). The second kappa shape index (κ2) is 6.45. The molecule has 1 N–H and O–H groups in total. The molecule has 0 aromatic carbocycles. The summed E-state index contributed by atoms with van der Waals surface area (Å²) in [5, 5.41) is 7.71. The molecule has 0 aliphatic heterocycles. The normalized spacial score (nSPS) is 19.4. The minimum atomic E-state index is 0.653. The fourth-order valence-corrected chi connectivity index (χ4v) is 3.81. The third kappa shape index (κ3) is 3.75. The van der Waals surface area contributed by atoms with Gasteiger partial charge in [0.2, 0.25) is 0 Å². The van der Waals surface area contributed by atoms with E-state index in [1.165, 1.54) is 37.0 Å². The van der Waals surface area contributed by atoms with Crippen LogP contribution in [0.2, 0.25) is 0 Å². The van der Waals surface area contributed by atoms with E-state index in [-0.39, 0.29) is 0 Å². The molecule has 3 nitrogen and oxygen atoms in total. The Labute approximate surface area is 108 Å². The zero-order chi connectivity index (χ0) is 12.1. The maximum atomic E-state index is 4.21. The van der Waals surface area contributed by atoms with E-state index >= 15 is 0 Å². The van der Waals surface area contributed by atoms with Crippen molar-refractivity contribution in [3.8, 4) is 0 Å². The van der Waals surface area contributed by atoms with E-state index in [4.69, 9.17) is 0 Å². The minimum absolute atomic E-state index is 0.653. The number of aromatic nitrogens is 2. The molecule has 1 fully saturated rings. The average Bonchev–Trinajstić information content (AvgIpc) is 2.77. The molecule has 0 spiro atoms. The van der Waals surface area contributed by atoms with Crippen LogP contribution in [0, 0.1) is 5.92 Å². The van der Waals surface area contributed by atoms with Gasteiger partial charge < -0.3 is 5.32 Å². The molecule has 1 atom stereocenters. The Balaban J connectivity index is 1.82. The van der Waals surface area contributed by atoms with Crippen LogP contribution in [0.4, 0.5) is 0 Å². The molecule has 0 bridgehead atoms. The van der Waals surface area contributed by atoms with Crippen LogP contribution in [0.1, 0.15) is 32.1 Å². The predicted molar refractivity (Wildman–Crippen MR) is 73.4 cm³/mol. The van der Waals surface area contributed by atoms with Crippen molar-refractivity contribution in [2.24, 2.45) is 13.0 Å². The van der Waals surface area contributed by atoms with Gasteiger partial charge in [-0.05, 0) is 25.8 Å². The van der Waals surface area contributed by atoms with E-state index in [1.54, 1.807) is 0 Å². The van der Waals surface area contributed by atoms with E-state index in [0.29, 0.717) is 6.04 Å². The molecule has 1 saturated carbocycles. The summed E-state index contributed by atoms with van der Waals surface area (Å²) in [6.07, 6.45) is 11.1. The van der Waals surface area contributed by atoms with Crippen LogP contribution in [0.3, 0.4) is 0 Å². The lowest BCUT2D eigenvalue weighted by Crippen LogP contribution is -2.36. The third-order valence-electron chi connectivity index (χ3n) is 3.70. The summed E-state index contributed by atoms with van der Waals surface area (Å²) in [4.78, 5) is 1.28. The molecule has 1 aliphatic rings. The van der Waals surface area contributed by atoms with Crippen LogP contribution in [0.25, 0.3) is 0 Å². The predicted octanol–water partition coefficient (Wildman–Crippen LogP) is 2.68. The van der Waals surface area contributed by atoms with Crippen molar-refractivity contribution in [3.05, 3.63) is 12.4 Å². The average molecular weight is 253 g/mol. The number of aryl methyl sites for hydroxylation is 1. The lowest BCUT2D eigenvalue weighted by Gasteiger charge is -2.29. The van der Waals surface area contributed by atoms with Gasteiger partial charge >= 0.3 is 0 Å². The fourth-order valence-electron chi connectivity index (χ4n) is 2.65. The van der Waals surface area contributed by atoms with Crippen molar-refractivity contribution in [3.63, 3.8) is 0 Å². The van der Waals surface area contributed by atoms with Crippen LogP contribution < -0.4 is 5.32 Å². The number of nitrogens with zero attached hydrogens (tertiary/aromatic N) is 2. The molecule has 96 valence electrons. The smallest absolute Gasteiger partial charge is 0.0625 e. The molecule has 17 heavy (non-hydrogen) atoms.